The van der Waals surface area contributed by atoms with E-state index in [0.29, 0.717) is 0 Å². The van der Waals surface area contributed by atoms with E-state index in [1.165, 1.54) is 0 Å². The molecule has 4 heteroatoms. The van der Waals surface area contributed by atoms with Crippen LogP contribution in [0.25, 0.3) is 0 Å². The minimum Gasteiger partial charge on any atom is -0.402 e. The fraction of sp³-hybridized carbons (Fsp3) is 0.250. The van der Waals surface area contributed by atoms with E-state index in [0.717, 1.165) is 27.1 Å². The maximum atomic E-state index is 5.69. The maximum Gasteiger partial charge on any atom is 0.0622 e. The summed E-state index contributed by atoms with van der Waals surface area (Å²) in [6, 6.07) is 7.83. The first-order valence-electron chi connectivity index (χ1n) is 5.00. The van der Waals surface area contributed by atoms with Gasteiger partial charge in [-0.05, 0) is 50.6 Å². The summed E-state index contributed by atoms with van der Waals surface area (Å²) < 4.78 is 1.05. The van der Waals surface area contributed by atoms with E-state index in [9.17, 15) is 0 Å². The number of allylic oxidation sites excluding steroid dienone is 2. The molecule has 3 nitrogen and oxygen atoms in total. The van der Waals surface area contributed by atoms with Crippen molar-refractivity contribution in [2.45, 2.75) is 20.8 Å². The lowest BCUT2D eigenvalue weighted by atomic mass is 10.2. The average Bonchev–Trinajstić information content (AvgIpc) is 2.26. The molecule has 0 aliphatic carbocycles. The Morgan fingerprint density at radius 1 is 1.19 bits per heavy atom. The zero-order valence-corrected chi connectivity index (χ0v) is 11.3. The van der Waals surface area contributed by atoms with E-state index >= 15 is 0 Å². The lowest BCUT2D eigenvalue weighted by molar-refractivity contribution is 1.23. The summed E-state index contributed by atoms with van der Waals surface area (Å²) in [5.74, 6) is 0. The zero-order chi connectivity index (χ0) is 12.1. The van der Waals surface area contributed by atoms with Gasteiger partial charge >= 0.3 is 0 Å². The number of halogens is 1. The molecule has 0 fully saturated rings. The fourth-order valence-electron chi connectivity index (χ4n) is 1.04. The van der Waals surface area contributed by atoms with Gasteiger partial charge in [0.25, 0.3) is 0 Å². The van der Waals surface area contributed by atoms with Gasteiger partial charge in [0, 0.05) is 10.2 Å². The van der Waals surface area contributed by atoms with Crippen LogP contribution in [-0.2, 0) is 0 Å². The topological polar surface area (TPSA) is 50.4 Å². The summed E-state index contributed by atoms with van der Waals surface area (Å²) in [4.78, 5) is 0. The number of hydrogen-bond acceptors (Lipinski definition) is 3. The largest absolute Gasteiger partial charge is 0.402 e. The molecule has 1 rings (SSSR count). The van der Waals surface area contributed by atoms with Crippen LogP contribution < -0.4 is 11.2 Å². The molecule has 1 aromatic rings. The smallest absolute Gasteiger partial charge is 0.0622 e. The highest BCUT2D eigenvalue weighted by Crippen LogP contribution is 2.14. The molecule has 3 N–H and O–H groups in total. The lowest BCUT2D eigenvalue weighted by Crippen LogP contribution is -2.05. The third kappa shape index (κ3) is 3.70. The number of hydrazone groups is 1. The highest BCUT2D eigenvalue weighted by molar-refractivity contribution is 9.10. The van der Waals surface area contributed by atoms with Crippen LogP contribution in [0.2, 0.25) is 0 Å². The van der Waals surface area contributed by atoms with Crippen molar-refractivity contribution in [2.75, 3.05) is 5.43 Å². The van der Waals surface area contributed by atoms with Gasteiger partial charge in [-0.1, -0.05) is 15.9 Å². The van der Waals surface area contributed by atoms with Crippen molar-refractivity contribution in [1.82, 2.24) is 0 Å². The summed E-state index contributed by atoms with van der Waals surface area (Å²) in [6.45, 7) is 5.75. The van der Waals surface area contributed by atoms with Gasteiger partial charge in [0.05, 0.1) is 11.4 Å². The van der Waals surface area contributed by atoms with E-state index in [1.54, 1.807) is 0 Å². The summed E-state index contributed by atoms with van der Waals surface area (Å²) in [6.07, 6.45) is 0. The van der Waals surface area contributed by atoms with E-state index in [4.69, 9.17) is 5.73 Å². The predicted octanol–water partition coefficient (Wildman–Crippen LogP) is 3.49. The summed E-state index contributed by atoms with van der Waals surface area (Å²) in [7, 11) is 0. The third-order valence-electron chi connectivity index (χ3n) is 2.33. The van der Waals surface area contributed by atoms with Crippen LogP contribution in [0, 0.1) is 0 Å². The molecular formula is C12H16BrN3. The minimum absolute atomic E-state index is 0.791. The Morgan fingerprint density at radius 2 is 1.75 bits per heavy atom. The second-order valence-electron chi connectivity index (χ2n) is 3.62. The first-order chi connectivity index (χ1) is 7.50. The van der Waals surface area contributed by atoms with E-state index in [2.05, 4.69) is 26.5 Å². The molecule has 0 atom stereocenters. The molecule has 0 aliphatic heterocycles. The van der Waals surface area contributed by atoms with Gasteiger partial charge in [-0.25, -0.2) is 0 Å². The molecule has 0 unspecified atom stereocenters. The second kappa shape index (κ2) is 5.70. The Bertz CT molecular complexity index is 414. The number of hydrogen-bond donors (Lipinski definition) is 2. The van der Waals surface area contributed by atoms with Gasteiger partial charge in [0.2, 0.25) is 0 Å². The molecule has 1 aromatic carbocycles. The summed E-state index contributed by atoms with van der Waals surface area (Å²) in [5.41, 5.74) is 12.3. The monoisotopic (exact) mass is 281 g/mol. The Morgan fingerprint density at radius 3 is 2.25 bits per heavy atom. The molecule has 86 valence electrons. The van der Waals surface area contributed by atoms with Crippen LogP contribution >= 0.6 is 15.9 Å². The van der Waals surface area contributed by atoms with Gasteiger partial charge in [-0.2, -0.15) is 5.10 Å². The summed E-state index contributed by atoms with van der Waals surface area (Å²) in [5, 5.41) is 4.26. The van der Waals surface area contributed by atoms with Crippen molar-refractivity contribution in [3.05, 3.63) is 40.0 Å². The van der Waals surface area contributed by atoms with E-state index < -0.39 is 0 Å². The highest BCUT2D eigenvalue weighted by atomic mass is 79.9. The van der Waals surface area contributed by atoms with Crippen molar-refractivity contribution in [3.63, 3.8) is 0 Å². The first-order valence-corrected chi connectivity index (χ1v) is 5.79. The molecular weight excluding hydrogens is 266 g/mol. The summed E-state index contributed by atoms with van der Waals surface area (Å²) >= 11 is 3.38. The number of nitrogens with one attached hydrogen (secondary N) is 1. The van der Waals surface area contributed by atoms with Crippen molar-refractivity contribution in [2.24, 2.45) is 10.8 Å². The molecule has 0 amide bonds. The molecule has 0 spiro atoms. The van der Waals surface area contributed by atoms with Crippen molar-refractivity contribution in [3.8, 4) is 0 Å². The second-order valence-corrected chi connectivity index (χ2v) is 4.54. The number of anilines is 1. The van der Waals surface area contributed by atoms with Gasteiger partial charge in [0.15, 0.2) is 0 Å². The van der Waals surface area contributed by atoms with Crippen LogP contribution in [0.1, 0.15) is 20.8 Å². The number of rotatable bonds is 3. The van der Waals surface area contributed by atoms with E-state index in [1.807, 2.05) is 45.0 Å². The normalized spacial score (nSPS) is 13.4. The molecule has 0 aliphatic rings. The standard InChI is InChI=1S/C12H16BrN3/c1-8(9(2)14)10(3)15-16-12-6-4-11(13)5-7-12/h4-7,16H,14H2,1-3H3. The van der Waals surface area contributed by atoms with Crippen LogP contribution in [0.15, 0.2) is 45.1 Å². The number of nitrogens with zero attached hydrogens (tertiary/aromatic N) is 1. The van der Waals surface area contributed by atoms with Gasteiger partial charge in [0.1, 0.15) is 0 Å². The highest BCUT2D eigenvalue weighted by Gasteiger charge is 1.97. The van der Waals surface area contributed by atoms with Crippen LogP contribution in [0.4, 0.5) is 5.69 Å². The maximum absolute atomic E-state index is 5.69. The van der Waals surface area contributed by atoms with Gasteiger partial charge < -0.3 is 5.73 Å². The quantitative estimate of drug-likeness (QED) is 0.658. The lowest BCUT2D eigenvalue weighted by Gasteiger charge is -2.05. The Kier molecular flexibility index (Phi) is 4.55. The van der Waals surface area contributed by atoms with Crippen LogP contribution in [-0.4, -0.2) is 5.71 Å². The minimum atomic E-state index is 0.791. The Balaban J connectivity index is 2.73. The van der Waals surface area contributed by atoms with E-state index in [-0.39, 0.29) is 0 Å². The van der Waals surface area contributed by atoms with Gasteiger partial charge in [-0.15, -0.1) is 0 Å². The van der Waals surface area contributed by atoms with Crippen molar-refractivity contribution >= 4 is 27.3 Å². The molecule has 16 heavy (non-hydrogen) atoms. The Hall–Kier alpha value is -1.29. The van der Waals surface area contributed by atoms with Crippen LogP contribution in [0.5, 0.6) is 0 Å². The molecule has 0 aromatic heterocycles. The number of nitrogens with two attached hydrogens (primary N) is 1. The molecule has 0 saturated carbocycles. The molecule has 0 heterocycles. The average molecular weight is 282 g/mol. The van der Waals surface area contributed by atoms with Gasteiger partial charge in [-0.3, -0.25) is 5.43 Å². The SMILES string of the molecule is CC(=NNc1ccc(Br)cc1)C(C)=C(C)N. The van der Waals surface area contributed by atoms with Crippen LogP contribution in [0.3, 0.4) is 0 Å². The van der Waals surface area contributed by atoms with Crippen molar-refractivity contribution in [1.29, 1.82) is 0 Å². The number of benzene rings is 1. The Labute approximate surface area is 105 Å². The third-order valence-corrected chi connectivity index (χ3v) is 2.86. The first kappa shape index (κ1) is 12.8. The predicted molar refractivity (Wildman–Crippen MR) is 73.4 cm³/mol. The van der Waals surface area contributed by atoms with Crippen molar-refractivity contribution < 1.29 is 0 Å². The fourth-order valence-corrected chi connectivity index (χ4v) is 1.31. The zero-order valence-electron chi connectivity index (χ0n) is 9.71. The molecule has 0 saturated heterocycles. The molecule has 0 bridgehead atoms. The molecule has 0 radical (unpaired) electrons.